The normalized spacial score (nSPS) is 11.0. The highest BCUT2D eigenvalue weighted by molar-refractivity contribution is 6.09. The smallest absolute Gasteiger partial charge is 0.407 e. The molecule has 1 N–H and O–H groups in total. The zero-order valence-electron chi connectivity index (χ0n) is 16.2. The molecule has 0 aliphatic heterocycles. The zero-order valence-corrected chi connectivity index (χ0v) is 16.2. The molecule has 1 aromatic carbocycles. The summed E-state index contributed by atoms with van der Waals surface area (Å²) in [5, 5.41) is 2.45. The zero-order chi connectivity index (χ0) is 20.4. The number of nitrogens with one attached hydrogen (secondary N) is 1. The molecule has 27 heavy (non-hydrogen) atoms. The fourth-order valence-corrected chi connectivity index (χ4v) is 1.91. The molecule has 0 aliphatic rings. The number of carbonyl (C=O) groups is 3. The number of alkyl carbamates (subject to hydrolysis) is 1. The van der Waals surface area contributed by atoms with Crippen molar-refractivity contribution in [2.45, 2.75) is 26.4 Å². The first-order valence-electron chi connectivity index (χ1n) is 8.24. The fourth-order valence-electron chi connectivity index (χ4n) is 1.91. The second kappa shape index (κ2) is 10.2. The number of ether oxygens (including phenoxy) is 4. The first-order chi connectivity index (χ1) is 12.7. The molecule has 0 saturated heterocycles. The molecule has 0 aromatic heterocycles. The second-order valence-electron chi connectivity index (χ2n) is 6.36. The van der Waals surface area contributed by atoms with Crippen molar-refractivity contribution in [3.63, 3.8) is 0 Å². The Kier molecular flexibility index (Phi) is 8.32. The Labute approximate surface area is 158 Å². The number of allylic oxidation sites excluding steroid dienone is 1. The molecule has 0 heterocycles. The highest BCUT2D eigenvalue weighted by Gasteiger charge is 2.15. The average molecular weight is 379 g/mol. The van der Waals surface area contributed by atoms with E-state index in [0.29, 0.717) is 11.5 Å². The lowest BCUT2D eigenvalue weighted by atomic mass is 10.1. The van der Waals surface area contributed by atoms with E-state index in [1.807, 2.05) is 0 Å². The van der Waals surface area contributed by atoms with Gasteiger partial charge in [0.2, 0.25) is 0 Å². The van der Waals surface area contributed by atoms with Gasteiger partial charge in [-0.1, -0.05) is 0 Å². The van der Waals surface area contributed by atoms with Crippen molar-refractivity contribution < 1.29 is 33.3 Å². The number of hydrogen-bond acceptors (Lipinski definition) is 7. The van der Waals surface area contributed by atoms with Crippen molar-refractivity contribution in [1.29, 1.82) is 0 Å². The lowest BCUT2D eigenvalue weighted by Crippen LogP contribution is -2.34. The highest BCUT2D eigenvalue weighted by atomic mass is 16.6. The SMILES string of the molecule is COc1ccc(OC)c(C(=O)/C=C/C(=O)OCCNC(=O)OC(C)(C)C)c1. The number of rotatable bonds is 8. The lowest BCUT2D eigenvalue weighted by Gasteiger charge is -2.19. The largest absolute Gasteiger partial charge is 0.497 e. The van der Waals surface area contributed by atoms with Gasteiger partial charge in [-0.2, -0.15) is 0 Å². The van der Waals surface area contributed by atoms with Crippen LogP contribution in [-0.2, 0) is 14.3 Å². The van der Waals surface area contributed by atoms with Crippen molar-refractivity contribution in [2.75, 3.05) is 27.4 Å². The third kappa shape index (κ3) is 8.26. The summed E-state index contributed by atoms with van der Waals surface area (Å²) in [6, 6.07) is 4.77. The molecule has 0 fully saturated rings. The Bertz CT molecular complexity index is 704. The van der Waals surface area contributed by atoms with E-state index in [0.717, 1.165) is 12.2 Å². The first kappa shape index (κ1) is 22.0. The summed E-state index contributed by atoms with van der Waals surface area (Å²) in [4.78, 5) is 35.3. The summed E-state index contributed by atoms with van der Waals surface area (Å²) in [5.74, 6) is -0.297. The average Bonchev–Trinajstić information content (AvgIpc) is 2.61. The van der Waals surface area contributed by atoms with Crippen LogP contribution in [0.4, 0.5) is 4.79 Å². The number of methoxy groups -OCH3 is 2. The van der Waals surface area contributed by atoms with Crippen molar-refractivity contribution in [1.82, 2.24) is 5.32 Å². The molecule has 1 rings (SSSR count). The van der Waals surface area contributed by atoms with Gasteiger partial charge in [0.15, 0.2) is 5.78 Å². The Morgan fingerprint density at radius 2 is 1.78 bits per heavy atom. The van der Waals surface area contributed by atoms with Gasteiger partial charge in [0.25, 0.3) is 0 Å². The molecular formula is C19H25NO7. The molecule has 8 heteroatoms. The molecule has 0 spiro atoms. The van der Waals surface area contributed by atoms with Crippen LogP contribution < -0.4 is 14.8 Å². The monoisotopic (exact) mass is 379 g/mol. The minimum Gasteiger partial charge on any atom is -0.497 e. The van der Waals surface area contributed by atoms with Gasteiger partial charge in [0.05, 0.1) is 26.3 Å². The van der Waals surface area contributed by atoms with Crippen LogP contribution >= 0.6 is 0 Å². The Balaban J connectivity index is 2.49. The van der Waals surface area contributed by atoms with Crippen LogP contribution in [0.2, 0.25) is 0 Å². The topological polar surface area (TPSA) is 100 Å². The molecule has 0 radical (unpaired) electrons. The predicted molar refractivity (Wildman–Crippen MR) is 98.2 cm³/mol. The first-order valence-corrected chi connectivity index (χ1v) is 8.24. The summed E-state index contributed by atoms with van der Waals surface area (Å²) < 4.78 is 20.2. The number of benzene rings is 1. The lowest BCUT2D eigenvalue weighted by molar-refractivity contribution is -0.137. The minimum atomic E-state index is -0.712. The van der Waals surface area contributed by atoms with Crippen LogP contribution in [0.15, 0.2) is 30.4 Å². The summed E-state index contributed by atoms with van der Waals surface area (Å²) in [7, 11) is 2.92. The Morgan fingerprint density at radius 3 is 2.37 bits per heavy atom. The molecule has 0 bridgehead atoms. The van der Waals surface area contributed by atoms with Gasteiger partial charge < -0.3 is 24.3 Å². The van der Waals surface area contributed by atoms with Crippen molar-refractivity contribution in [3.8, 4) is 11.5 Å². The van der Waals surface area contributed by atoms with Gasteiger partial charge in [-0.15, -0.1) is 0 Å². The van der Waals surface area contributed by atoms with Gasteiger partial charge in [-0.3, -0.25) is 4.79 Å². The van der Waals surface area contributed by atoms with E-state index >= 15 is 0 Å². The standard InChI is InChI=1S/C19H25NO7/c1-19(2,3)27-18(23)20-10-11-26-17(22)9-7-15(21)14-12-13(24-4)6-8-16(14)25-5/h6-9,12H,10-11H2,1-5H3,(H,20,23)/b9-7+. The van der Waals surface area contributed by atoms with Crippen molar-refractivity contribution in [2.24, 2.45) is 0 Å². The predicted octanol–water partition coefficient (Wildman–Crippen LogP) is 2.51. The minimum absolute atomic E-state index is 0.0565. The van der Waals surface area contributed by atoms with Crippen LogP contribution in [0.5, 0.6) is 11.5 Å². The molecule has 0 unspecified atom stereocenters. The molecule has 0 aliphatic carbocycles. The van der Waals surface area contributed by atoms with Crippen LogP contribution in [0, 0.1) is 0 Å². The van der Waals surface area contributed by atoms with E-state index in [1.165, 1.54) is 20.3 Å². The summed E-state index contributed by atoms with van der Waals surface area (Å²) >= 11 is 0. The highest BCUT2D eigenvalue weighted by Crippen LogP contribution is 2.24. The molecule has 8 nitrogen and oxygen atoms in total. The molecular weight excluding hydrogens is 354 g/mol. The van der Waals surface area contributed by atoms with Crippen LogP contribution in [0.25, 0.3) is 0 Å². The van der Waals surface area contributed by atoms with Gasteiger partial charge in [0, 0.05) is 6.08 Å². The van der Waals surface area contributed by atoms with Crippen LogP contribution in [0.3, 0.4) is 0 Å². The summed E-state index contributed by atoms with van der Waals surface area (Å²) in [5.41, 5.74) is -0.349. The van der Waals surface area contributed by atoms with E-state index in [9.17, 15) is 14.4 Å². The van der Waals surface area contributed by atoms with Crippen LogP contribution in [0.1, 0.15) is 31.1 Å². The van der Waals surface area contributed by atoms with Crippen molar-refractivity contribution >= 4 is 17.8 Å². The number of hydrogen-bond donors (Lipinski definition) is 1. The number of ketones is 1. The number of esters is 1. The number of carbonyl (C=O) groups excluding carboxylic acids is 3. The van der Waals surface area contributed by atoms with E-state index in [-0.39, 0.29) is 18.7 Å². The van der Waals surface area contributed by atoms with Crippen LogP contribution in [-0.4, -0.2) is 50.8 Å². The summed E-state index contributed by atoms with van der Waals surface area (Å²) in [6.07, 6.45) is 1.49. The molecule has 0 saturated carbocycles. The third-order valence-electron chi connectivity index (χ3n) is 3.06. The van der Waals surface area contributed by atoms with Gasteiger partial charge in [-0.25, -0.2) is 9.59 Å². The molecule has 148 valence electrons. The van der Waals surface area contributed by atoms with Gasteiger partial charge in [-0.05, 0) is 45.0 Å². The molecule has 1 aromatic rings. The Morgan fingerprint density at radius 1 is 1.07 bits per heavy atom. The van der Waals surface area contributed by atoms with Gasteiger partial charge >= 0.3 is 12.1 Å². The number of amides is 1. The third-order valence-corrected chi connectivity index (χ3v) is 3.06. The van der Waals surface area contributed by atoms with Crippen molar-refractivity contribution in [3.05, 3.63) is 35.9 Å². The maximum Gasteiger partial charge on any atom is 0.407 e. The van der Waals surface area contributed by atoms with E-state index in [1.54, 1.807) is 32.9 Å². The van der Waals surface area contributed by atoms with Gasteiger partial charge in [0.1, 0.15) is 23.7 Å². The van der Waals surface area contributed by atoms with E-state index < -0.39 is 23.4 Å². The maximum absolute atomic E-state index is 12.2. The Hall–Kier alpha value is -3.03. The molecule has 1 amide bonds. The second-order valence-corrected chi connectivity index (χ2v) is 6.36. The van der Waals surface area contributed by atoms with E-state index in [2.05, 4.69) is 5.32 Å². The van der Waals surface area contributed by atoms with E-state index in [4.69, 9.17) is 18.9 Å². The maximum atomic E-state index is 12.2. The molecule has 0 atom stereocenters. The summed E-state index contributed by atoms with van der Waals surface area (Å²) in [6.45, 7) is 5.26. The quantitative estimate of drug-likeness (QED) is 0.321. The fraction of sp³-hybridized carbons (Fsp3) is 0.421.